The molecule has 0 fully saturated rings. The summed E-state index contributed by atoms with van der Waals surface area (Å²) in [5.41, 5.74) is 3.26. The summed E-state index contributed by atoms with van der Waals surface area (Å²) in [6.45, 7) is 0. The number of nitrogens with zero attached hydrogens (tertiary/aromatic N) is 5. The van der Waals surface area contributed by atoms with Crippen LogP contribution >= 0.6 is 0 Å². The fraction of sp³-hybridized carbons (Fsp3) is 0. The zero-order valence-electron chi connectivity index (χ0n) is 10.2. The highest BCUT2D eigenvalue weighted by Crippen LogP contribution is 2.11. The maximum Gasteiger partial charge on any atom is 0.271 e. The highest BCUT2D eigenvalue weighted by molar-refractivity contribution is 6.10. The van der Waals surface area contributed by atoms with Crippen LogP contribution in [0.2, 0.25) is 0 Å². The molecule has 0 radical (unpaired) electrons. The molecule has 96 valence electrons. The van der Waals surface area contributed by atoms with Gasteiger partial charge in [-0.3, -0.25) is 10.2 Å². The molecule has 2 rings (SSSR count). The van der Waals surface area contributed by atoms with Crippen LogP contribution in [-0.4, -0.2) is 15.5 Å². The van der Waals surface area contributed by atoms with Crippen molar-refractivity contribution in [3.63, 3.8) is 0 Å². The van der Waals surface area contributed by atoms with Crippen molar-refractivity contribution in [2.75, 3.05) is 5.43 Å². The first-order chi connectivity index (χ1) is 9.74. The van der Waals surface area contributed by atoms with E-state index in [-0.39, 0.29) is 11.3 Å². The summed E-state index contributed by atoms with van der Waals surface area (Å²) in [6.07, 6.45) is 1.52. The van der Waals surface area contributed by atoms with Crippen LogP contribution in [0.1, 0.15) is 0 Å². The summed E-state index contributed by atoms with van der Waals surface area (Å²) in [5, 5.41) is 24.6. The van der Waals surface area contributed by atoms with Gasteiger partial charge in [-0.2, -0.15) is 25.4 Å². The minimum atomic E-state index is -0.268. The highest BCUT2D eigenvalue weighted by Gasteiger charge is 2.00. The van der Waals surface area contributed by atoms with Gasteiger partial charge >= 0.3 is 0 Å². The van der Waals surface area contributed by atoms with Crippen molar-refractivity contribution in [3.05, 3.63) is 52.9 Å². The molecule has 0 bridgehead atoms. The smallest absolute Gasteiger partial charge is 0.271 e. The van der Waals surface area contributed by atoms with E-state index in [0.29, 0.717) is 11.4 Å². The molecular formula is C13H8N6O. The number of hydrogen-bond donors (Lipinski definition) is 1. The van der Waals surface area contributed by atoms with Gasteiger partial charge in [0, 0.05) is 12.3 Å². The van der Waals surface area contributed by atoms with Crippen LogP contribution < -0.4 is 11.0 Å². The summed E-state index contributed by atoms with van der Waals surface area (Å²) >= 11 is 0. The molecule has 0 atom stereocenters. The fourth-order valence-electron chi connectivity index (χ4n) is 1.42. The molecule has 0 unspecified atom stereocenters. The quantitative estimate of drug-likeness (QED) is 0.658. The van der Waals surface area contributed by atoms with Gasteiger partial charge in [-0.05, 0) is 30.3 Å². The van der Waals surface area contributed by atoms with Crippen molar-refractivity contribution in [1.29, 1.82) is 10.5 Å². The predicted octanol–water partition coefficient (Wildman–Crippen LogP) is 1.05. The zero-order chi connectivity index (χ0) is 14.4. The van der Waals surface area contributed by atoms with E-state index in [9.17, 15) is 4.79 Å². The van der Waals surface area contributed by atoms with E-state index in [1.54, 1.807) is 42.5 Å². The third-order valence-electron chi connectivity index (χ3n) is 2.34. The van der Waals surface area contributed by atoms with Crippen LogP contribution in [0.15, 0.2) is 52.5 Å². The van der Waals surface area contributed by atoms with Crippen molar-refractivity contribution in [1.82, 2.24) is 9.78 Å². The number of anilines is 1. The van der Waals surface area contributed by atoms with Crippen LogP contribution in [-0.2, 0) is 0 Å². The van der Waals surface area contributed by atoms with Gasteiger partial charge in [-0.25, -0.2) is 0 Å². The van der Waals surface area contributed by atoms with Crippen LogP contribution in [0.5, 0.6) is 0 Å². The molecule has 7 heteroatoms. The van der Waals surface area contributed by atoms with Crippen molar-refractivity contribution >= 4 is 11.4 Å². The van der Waals surface area contributed by atoms with E-state index in [2.05, 4.69) is 15.6 Å². The average molecular weight is 264 g/mol. The third kappa shape index (κ3) is 2.86. The molecule has 0 aliphatic rings. The number of rotatable bonds is 3. The Bertz CT molecular complexity index is 760. The van der Waals surface area contributed by atoms with Gasteiger partial charge in [-0.1, -0.05) is 0 Å². The largest absolute Gasteiger partial charge is 0.277 e. The van der Waals surface area contributed by atoms with Crippen LogP contribution in [0, 0.1) is 22.7 Å². The Hall–Kier alpha value is -3.45. The molecular weight excluding hydrogens is 256 g/mol. The van der Waals surface area contributed by atoms with Crippen LogP contribution in [0.25, 0.3) is 5.69 Å². The second-order valence-corrected chi connectivity index (χ2v) is 3.62. The van der Waals surface area contributed by atoms with Crippen molar-refractivity contribution in [2.45, 2.75) is 0 Å². The maximum absolute atomic E-state index is 11.6. The van der Waals surface area contributed by atoms with Gasteiger partial charge in [0.1, 0.15) is 12.1 Å². The van der Waals surface area contributed by atoms with Gasteiger partial charge in [0.25, 0.3) is 5.56 Å². The summed E-state index contributed by atoms with van der Waals surface area (Å²) in [4.78, 5) is 11.6. The molecule has 1 heterocycles. The van der Waals surface area contributed by atoms with Crippen LogP contribution in [0.3, 0.4) is 0 Å². The first-order valence-electron chi connectivity index (χ1n) is 5.53. The average Bonchev–Trinajstić information content (AvgIpc) is 2.49. The number of nitriles is 2. The lowest BCUT2D eigenvalue weighted by Gasteiger charge is -2.04. The lowest BCUT2D eigenvalue weighted by atomic mass is 10.3. The molecule has 20 heavy (non-hydrogen) atoms. The van der Waals surface area contributed by atoms with E-state index >= 15 is 0 Å². The Balaban J connectivity index is 2.22. The predicted molar refractivity (Wildman–Crippen MR) is 72.1 cm³/mol. The summed E-state index contributed by atoms with van der Waals surface area (Å²) in [6, 6.07) is 12.9. The molecule has 1 aromatic carbocycles. The number of benzene rings is 1. The Morgan fingerprint density at radius 2 is 1.90 bits per heavy atom. The minimum Gasteiger partial charge on any atom is -0.277 e. The fourth-order valence-corrected chi connectivity index (χ4v) is 1.42. The number of aromatic nitrogens is 2. The van der Waals surface area contributed by atoms with E-state index in [1.165, 1.54) is 16.9 Å². The molecule has 0 saturated heterocycles. The Labute approximate surface area is 114 Å². The Kier molecular flexibility index (Phi) is 3.86. The molecule has 7 nitrogen and oxygen atoms in total. The van der Waals surface area contributed by atoms with Gasteiger partial charge < -0.3 is 0 Å². The minimum absolute atomic E-state index is 0.234. The first-order valence-corrected chi connectivity index (χ1v) is 5.53. The molecule has 0 aliphatic carbocycles. The van der Waals surface area contributed by atoms with E-state index < -0.39 is 0 Å². The summed E-state index contributed by atoms with van der Waals surface area (Å²) < 4.78 is 1.25. The maximum atomic E-state index is 11.6. The second-order valence-electron chi connectivity index (χ2n) is 3.62. The SMILES string of the molecule is N#CC(C#N)=NNc1ccc(-n2ncccc2=O)cc1. The lowest BCUT2D eigenvalue weighted by Crippen LogP contribution is -2.18. The molecule has 1 aromatic heterocycles. The number of hydrogen-bond acceptors (Lipinski definition) is 6. The summed E-state index contributed by atoms with van der Waals surface area (Å²) in [7, 11) is 0. The van der Waals surface area contributed by atoms with Gasteiger partial charge in [0.2, 0.25) is 5.71 Å². The van der Waals surface area contributed by atoms with E-state index in [0.717, 1.165) is 0 Å². The van der Waals surface area contributed by atoms with Crippen molar-refractivity contribution in [3.8, 4) is 17.8 Å². The second kappa shape index (κ2) is 5.94. The van der Waals surface area contributed by atoms with E-state index in [1.807, 2.05) is 0 Å². The molecule has 0 saturated carbocycles. The van der Waals surface area contributed by atoms with Gasteiger partial charge in [0.15, 0.2) is 0 Å². The molecule has 2 aromatic rings. The zero-order valence-corrected chi connectivity index (χ0v) is 10.2. The van der Waals surface area contributed by atoms with Gasteiger partial charge in [0.05, 0.1) is 11.4 Å². The standard InChI is InChI=1S/C13H8N6O/c14-8-11(9-15)18-17-10-3-5-12(6-4-10)19-13(20)2-1-7-16-19/h1-7,17H. The molecule has 1 N–H and O–H groups in total. The Morgan fingerprint density at radius 3 is 2.50 bits per heavy atom. The molecule has 0 spiro atoms. The van der Waals surface area contributed by atoms with Crippen molar-refractivity contribution in [2.24, 2.45) is 5.10 Å². The Morgan fingerprint density at radius 1 is 1.20 bits per heavy atom. The highest BCUT2D eigenvalue weighted by atomic mass is 16.1. The normalized spacial score (nSPS) is 9.10. The number of nitrogens with one attached hydrogen (secondary N) is 1. The van der Waals surface area contributed by atoms with Crippen molar-refractivity contribution < 1.29 is 0 Å². The van der Waals surface area contributed by atoms with E-state index in [4.69, 9.17) is 10.5 Å². The number of hydrazone groups is 1. The lowest BCUT2D eigenvalue weighted by molar-refractivity contribution is 0.807. The molecule has 0 amide bonds. The first kappa shape index (κ1) is 13.0. The van der Waals surface area contributed by atoms with Gasteiger partial charge in [-0.15, -0.1) is 0 Å². The third-order valence-corrected chi connectivity index (χ3v) is 2.34. The topological polar surface area (TPSA) is 107 Å². The monoisotopic (exact) mass is 264 g/mol. The van der Waals surface area contributed by atoms with Crippen LogP contribution in [0.4, 0.5) is 5.69 Å². The molecule has 0 aliphatic heterocycles. The summed E-state index contributed by atoms with van der Waals surface area (Å²) in [5.74, 6) is 0.